The third-order valence-corrected chi connectivity index (χ3v) is 7.74. The molecule has 33 heavy (non-hydrogen) atoms. The number of likely N-dealkylation sites (N-methyl/N-ethyl adjacent to an activating group) is 2. The zero-order valence-corrected chi connectivity index (χ0v) is 19.9. The highest BCUT2D eigenvalue weighted by atomic mass is 32.1. The molecule has 7 heteroatoms. The normalized spacial score (nSPS) is 16.5. The van der Waals surface area contributed by atoms with E-state index in [4.69, 9.17) is 4.74 Å². The van der Waals surface area contributed by atoms with Gasteiger partial charge in [-0.15, -0.1) is 11.3 Å². The quantitative estimate of drug-likeness (QED) is 0.449. The fourth-order valence-electron chi connectivity index (χ4n) is 4.60. The molecule has 1 amide bonds. The molecule has 2 aromatic carbocycles. The summed E-state index contributed by atoms with van der Waals surface area (Å²) in [5.74, 6) is 0.305. The Morgan fingerprint density at radius 1 is 1.12 bits per heavy atom. The van der Waals surface area contributed by atoms with E-state index < -0.39 is 0 Å². The summed E-state index contributed by atoms with van der Waals surface area (Å²) in [6, 6.07) is 17.8. The molecule has 170 valence electrons. The van der Waals surface area contributed by atoms with Crippen molar-refractivity contribution >= 4 is 38.2 Å². The predicted octanol–water partition coefficient (Wildman–Crippen LogP) is 4.11. The highest BCUT2D eigenvalue weighted by Crippen LogP contribution is 2.41. The van der Waals surface area contributed by atoms with Crippen LogP contribution in [-0.4, -0.2) is 53.5 Å². The van der Waals surface area contributed by atoms with Crippen LogP contribution in [0.15, 0.2) is 59.4 Å². The van der Waals surface area contributed by atoms with Crippen LogP contribution >= 0.6 is 11.3 Å². The molecule has 5 rings (SSSR count). The number of carbonyl (C=O) groups is 1. The predicted molar refractivity (Wildman–Crippen MR) is 133 cm³/mol. The number of hydrogen-bond donors (Lipinski definition) is 0. The van der Waals surface area contributed by atoms with Crippen LogP contribution in [0.4, 0.5) is 0 Å². The number of rotatable bonds is 5. The van der Waals surface area contributed by atoms with Crippen molar-refractivity contribution in [1.29, 1.82) is 0 Å². The van der Waals surface area contributed by atoms with E-state index >= 15 is 0 Å². The fourth-order valence-corrected chi connectivity index (χ4v) is 5.85. The van der Waals surface area contributed by atoms with Crippen LogP contribution in [0.25, 0.3) is 21.0 Å². The molecule has 2 aromatic heterocycles. The van der Waals surface area contributed by atoms with Gasteiger partial charge in [0, 0.05) is 32.1 Å². The largest absolute Gasteiger partial charge is 0.486 e. The highest BCUT2D eigenvalue weighted by Gasteiger charge is 2.32. The van der Waals surface area contributed by atoms with Crippen molar-refractivity contribution in [2.24, 2.45) is 7.05 Å². The van der Waals surface area contributed by atoms with Gasteiger partial charge in [0.25, 0.3) is 11.5 Å². The van der Waals surface area contributed by atoms with Crippen LogP contribution in [0.5, 0.6) is 5.75 Å². The van der Waals surface area contributed by atoms with Crippen LogP contribution in [0.2, 0.25) is 0 Å². The summed E-state index contributed by atoms with van der Waals surface area (Å²) in [5, 5.41) is 1.43. The summed E-state index contributed by atoms with van der Waals surface area (Å²) in [6.45, 7) is 2.11. The Hall–Kier alpha value is -3.16. The molecule has 0 saturated carbocycles. The molecule has 6 nitrogen and oxygen atoms in total. The van der Waals surface area contributed by atoms with Gasteiger partial charge in [-0.1, -0.05) is 48.5 Å². The molecule has 1 aliphatic rings. The zero-order chi connectivity index (χ0) is 23.1. The average Bonchev–Trinajstić information content (AvgIpc) is 3.45. The summed E-state index contributed by atoms with van der Waals surface area (Å²) in [4.78, 5) is 31.7. The van der Waals surface area contributed by atoms with Crippen LogP contribution in [0.3, 0.4) is 0 Å². The third kappa shape index (κ3) is 3.81. The molecule has 1 saturated heterocycles. The van der Waals surface area contributed by atoms with Crippen molar-refractivity contribution in [3.05, 3.63) is 75.4 Å². The number of aromatic nitrogens is 1. The highest BCUT2D eigenvalue weighted by molar-refractivity contribution is 7.22. The van der Waals surface area contributed by atoms with Gasteiger partial charge in [0.1, 0.15) is 16.9 Å². The molecular weight excluding hydrogens is 434 g/mol. The molecule has 4 aromatic rings. The van der Waals surface area contributed by atoms with E-state index in [1.165, 1.54) is 11.3 Å². The maximum absolute atomic E-state index is 13.7. The van der Waals surface area contributed by atoms with Gasteiger partial charge in [0.2, 0.25) is 0 Å². The second-order valence-corrected chi connectivity index (χ2v) is 9.76. The molecule has 0 bridgehead atoms. The Bertz CT molecular complexity index is 1390. The molecule has 1 unspecified atom stereocenters. The van der Waals surface area contributed by atoms with E-state index in [-0.39, 0.29) is 17.5 Å². The minimum atomic E-state index is -0.148. The topological polar surface area (TPSA) is 54.8 Å². The van der Waals surface area contributed by atoms with E-state index in [2.05, 4.69) is 11.9 Å². The number of benzene rings is 2. The van der Waals surface area contributed by atoms with Gasteiger partial charge in [0.05, 0.1) is 10.2 Å². The number of amides is 1. The fraction of sp³-hybridized carbons (Fsp3) is 0.308. The van der Waals surface area contributed by atoms with Crippen LogP contribution in [-0.2, 0) is 13.7 Å². The third-order valence-electron chi connectivity index (χ3n) is 6.55. The van der Waals surface area contributed by atoms with Crippen LogP contribution < -0.4 is 10.3 Å². The Morgan fingerprint density at radius 2 is 1.85 bits per heavy atom. The Labute approximate surface area is 196 Å². The minimum absolute atomic E-state index is 0.0919. The van der Waals surface area contributed by atoms with E-state index in [1.54, 1.807) is 11.6 Å². The lowest BCUT2D eigenvalue weighted by Gasteiger charge is -2.24. The summed E-state index contributed by atoms with van der Waals surface area (Å²) in [5.41, 5.74) is 1.68. The van der Waals surface area contributed by atoms with Gasteiger partial charge in [-0.2, -0.15) is 0 Å². The van der Waals surface area contributed by atoms with Crippen molar-refractivity contribution in [1.82, 2.24) is 14.4 Å². The Kier molecular flexibility index (Phi) is 5.68. The van der Waals surface area contributed by atoms with Gasteiger partial charge in [0.15, 0.2) is 5.75 Å². The maximum Gasteiger partial charge on any atom is 0.267 e. The first kappa shape index (κ1) is 21.7. The van der Waals surface area contributed by atoms with Gasteiger partial charge >= 0.3 is 0 Å². The lowest BCUT2D eigenvalue weighted by atomic mass is 10.1. The van der Waals surface area contributed by atoms with Gasteiger partial charge in [-0.3, -0.25) is 9.59 Å². The van der Waals surface area contributed by atoms with Crippen molar-refractivity contribution < 1.29 is 9.53 Å². The smallest absolute Gasteiger partial charge is 0.267 e. The van der Waals surface area contributed by atoms with Crippen molar-refractivity contribution in [2.45, 2.75) is 19.1 Å². The molecule has 0 radical (unpaired) electrons. The number of fused-ring (bicyclic) bond motifs is 3. The zero-order valence-electron chi connectivity index (χ0n) is 19.1. The molecule has 1 fully saturated rings. The van der Waals surface area contributed by atoms with Crippen LogP contribution in [0.1, 0.15) is 21.7 Å². The van der Waals surface area contributed by atoms with E-state index in [9.17, 15) is 9.59 Å². The van der Waals surface area contributed by atoms with Gasteiger partial charge in [-0.05, 0) is 31.6 Å². The Morgan fingerprint density at radius 3 is 2.58 bits per heavy atom. The maximum atomic E-state index is 13.7. The number of carbonyl (C=O) groups excluding carboxylic acids is 1. The summed E-state index contributed by atoms with van der Waals surface area (Å²) in [7, 11) is 5.69. The molecular formula is C26H27N3O3S. The molecule has 1 atom stereocenters. The Balaban J connectivity index is 1.66. The number of ether oxygens (including phenoxy) is 1. The number of hydrogen-bond acceptors (Lipinski definition) is 5. The molecule has 0 N–H and O–H groups in total. The van der Waals surface area contributed by atoms with Gasteiger partial charge in [-0.25, -0.2) is 0 Å². The lowest BCUT2D eigenvalue weighted by Crippen LogP contribution is -2.38. The number of para-hydroxylation sites is 1. The van der Waals surface area contributed by atoms with Gasteiger partial charge < -0.3 is 19.1 Å². The number of thiophene rings is 1. The van der Waals surface area contributed by atoms with Crippen molar-refractivity contribution in [2.75, 3.05) is 27.2 Å². The second kappa shape index (κ2) is 8.65. The van der Waals surface area contributed by atoms with Crippen molar-refractivity contribution in [3.8, 4) is 5.75 Å². The standard InChI is InChI=1S/C26H27N3O3S/c1-27-14-13-18(15-27)28(2)26(31)24-22(32-16-17-9-5-4-6-10-17)21-23(33-24)19-11-7-8-12-20(19)29(3)25(21)30/h4-12,18H,13-16H2,1-3H3. The van der Waals surface area contributed by atoms with E-state index in [1.807, 2.05) is 66.5 Å². The van der Waals surface area contributed by atoms with Crippen LogP contribution in [0, 0.1) is 0 Å². The summed E-state index contributed by atoms with van der Waals surface area (Å²) >= 11 is 1.36. The van der Waals surface area contributed by atoms with E-state index in [0.717, 1.165) is 40.7 Å². The molecule has 3 heterocycles. The monoisotopic (exact) mass is 461 g/mol. The number of pyridine rings is 1. The summed E-state index contributed by atoms with van der Waals surface area (Å²) in [6.07, 6.45) is 0.939. The minimum Gasteiger partial charge on any atom is -0.486 e. The SMILES string of the molecule is CN1CCC(N(C)C(=O)c2sc3c(c2OCc2ccccc2)c(=O)n(C)c2ccccc32)C1. The number of likely N-dealkylation sites (tertiary alicyclic amines) is 1. The molecule has 0 aliphatic carbocycles. The lowest BCUT2D eigenvalue weighted by molar-refractivity contribution is 0.0738. The van der Waals surface area contributed by atoms with Crippen molar-refractivity contribution in [3.63, 3.8) is 0 Å². The number of aryl methyl sites for hydroxylation is 1. The molecule has 0 spiro atoms. The molecule has 1 aliphatic heterocycles. The number of nitrogens with zero attached hydrogens (tertiary/aromatic N) is 3. The first-order chi connectivity index (χ1) is 16.0. The first-order valence-electron chi connectivity index (χ1n) is 11.1. The summed E-state index contributed by atoms with van der Waals surface area (Å²) < 4.78 is 8.70. The second-order valence-electron chi connectivity index (χ2n) is 8.74. The van der Waals surface area contributed by atoms with E-state index in [0.29, 0.717) is 22.6 Å². The first-order valence-corrected chi connectivity index (χ1v) is 11.9. The average molecular weight is 462 g/mol.